The van der Waals surface area contributed by atoms with Gasteiger partial charge in [0.05, 0.1) is 6.10 Å². The SMILES string of the molecule is CC(C)Oc1ccccc1OC(=O)CCc1ccccc1. The van der Waals surface area contributed by atoms with Gasteiger partial charge in [-0.3, -0.25) is 4.79 Å². The average molecular weight is 284 g/mol. The van der Waals surface area contributed by atoms with E-state index in [1.807, 2.05) is 56.3 Å². The van der Waals surface area contributed by atoms with E-state index in [0.29, 0.717) is 24.3 Å². The lowest BCUT2D eigenvalue weighted by atomic mass is 10.1. The van der Waals surface area contributed by atoms with Gasteiger partial charge >= 0.3 is 5.97 Å². The normalized spacial score (nSPS) is 10.4. The van der Waals surface area contributed by atoms with Crippen LogP contribution in [-0.4, -0.2) is 12.1 Å². The molecule has 0 heterocycles. The molecule has 0 unspecified atom stereocenters. The number of carbonyl (C=O) groups excluding carboxylic acids is 1. The fourth-order valence-corrected chi connectivity index (χ4v) is 1.95. The number of rotatable bonds is 6. The molecule has 0 saturated heterocycles. The Labute approximate surface area is 125 Å². The summed E-state index contributed by atoms with van der Waals surface area (Å²) >= 11 is 0. The standard InChI is InChI=1S/C18H20O3/c1-14(2)20-16-10-6-7-11-17(16)21-18(19)13-12-15-8-4-3-5-9-15/h3-11,14H,12-13H2,1-2H3. The number of hydrogen-bond acceptors (Lipinski definition) is 3. The first-order valence-corrected chi connectivity index (χ1v) is 7.15. The zero-order valence-electron chi connectivity index (χ0n) is 12.4. The summed E-state index contributed by atoms with van der Waals surface area (Å²) in [5, 5.41) is 0. The molecule has 0 aliphatic rings. The number of carbonyl (C=O) groups is 1. The molecule has 3 nitrogen and oxygen atoms in total. The highest BCUT2D eigenvalue weighted by atomic mass is 16.6. The highest BCUT2D eigenvalue weighted by molar-refractivity contribution is 5.73. The molecule has 0 saturated carbocycles. The van der Waals surface area contributed by atoms with E-state index in [1.165, 1.54) is 0 Å². The Morgan fingerprint density at radius 2 is 1.57 bits per heavy atom. The second kappa shape index (κ2) is 7.48. The molecule has 0 aliphatic heterocycles. The highest BCUT2D eigenvalue weighted by Crippen LogP contribution is 2.27. The number of benzene rings is 2. The third kappa shape index (κ3) is 4.95. The molecule has 0 fully saturated rings. The van der Waals surface area contributed by atoms with Crippen LogP contribution >= 0.6 is 0 Å². The molecule has 2 aromatic carbocycles. The van der Waals surface area contributed by atoms with Gasteiger partial charge in [-0.25, -0.2) is 0 Å². The van der Waals surface area contributed by atoms with Gasteiger partial charge in [0.1, 0.15) is 0 Å². The lowest BCUT2D eigenvalue weighted by molar-refractivity contribution is -0.134. The van der Waals surface area contributed by atoms with Gasteiger partial charge in [0, 0.05) is 6.42 Å². The monoisotopic (exact) mass is 284 g/mol. The number of ether oxygens (including phenoxy) is 2. The van der Waals surface area contributed by atoms with E-state index in [-0.39, 0.29) is 12.1 Å². The largest absolute Gasteiger partial charge is 0.487 e. The lowest BCUT2D eigenvalue weighted by Crippen LogP contribution is -2.12. The molecular weight excluding hydrogens is 264 g/mol. The third-order valence-electron chi connectivity index (χ3n) is 2.90. The van der Waals surface area contributed by atoms with Gasteiger partial charge in [-0.1, -0.05) is 42.5 Å². The quantitative estimate of drug-likeness (QED) is 0.594. The Morgan fingerprint density at radius 1 is 0.952 bits per heavy atom. The smallest absolute Gasteiger partial charge is 0.311 e. The fraction of sp³-hybridized carbons (Fsp3) is 0.278. The van der Waals surface area contributed by atoms with Crippen LogP contribution < -0.4 is 9.47 Å². The van der Waals surface area contributed by atoms with Crippen LogP contribution in [0, 0.1) is 0 Å². The summed E-state index contributed by atoms with van der Waals surface area (Å²) in [5.74, 6) is 0.823. The average Bonchev–Trinajstić information content (AvgIpc) is 2.48. The van der Waals surface area contributed by atoms with Crippen molar-refractivity contribution in [1.82, 2.24) is 0 Å². The van der Waals surface area contributed by atoms with Crippen LogP contribution in [0.15, 0.2) is 54.6 Å². The second-order valence-electron chi connectivity index (χ2n) is 5.07. The van der Waals surface area contributed by atoms with Crippen molar-refractivity contribution in [1.29, 1.82) is 0 Å². The van der Waals surface area contributed by atoms with E-state index in [2.05, 4.69) is 0 Å². The number of esters is 1. The predicted octanol–water partition coefficient (Wildman–Crippen LogP) is 4.01. The molecule has 2 aromatic rings. The van der Waals surface area contributed by atoms with E-state index < -0.39 is 0 Å². The van der Waals surface area contributed by atoms with Gasteiger partial charge < -0.3 is 9.47 Å². The first kappa shape index (κ1) is 15.1. The maximum absolute atomic E-state index is 11.9. The third-order valence-corrected chi connectivity index (χ3v) is 2.90. The molecule has 110 valence electrons. The van der Waals surface area contributed by atoms with Gasteiger partial charge in [0.2, 0.25) is 0 Å². The topological polar surface area (TPSA) is 35.5 Å². The lowest BCUT2D eigenvalue weighted by Gasteiger charge is -2.13. The van der Waals surface area contributed by atoms with Crippen LogP contribution in [0.5, 0.6) is 11.5 Å². The molecule has 0 aromatic heterocycles. The number of para-hydroxylation sites is 2. The molecule has 0 atom stereocenters. The second-order valence-corrected chi connectivity index (χ2v) is 5.07. The van der Waals surface area contributed by atoms with Crippen molar-refractivity contribution < 1.29 is 14.3 Å². The zero-order valence-corrected chi connectivity index (χ0v) is 12.4. The first-order valence-electron chi connectivity index (χ1n) is 7.15. The molecule has 0 spiro atoms. The molecule has 3 heteroatoms. The van der Waals surface area contributed by atoms with Gasteiger partial charge in [-0.05, 0) is 38.0 Å². The summed E-state index contributed by atoms with van der Waals surface area (Å²) in [6.45, 7) is 3.88. The minimum Gasteiger partial charge on any atom is -0.487 e. The molecule has 2 rings (SSSR count). The Bertz CT molecular complexity index is 576. The Hall–Kier alpha value is -2.29. The van der Waals surface area contributed by atoms with Crippen molar-refractivity contribution in [3.63, 3.8) is 0 Å². The van der Waals surface area contributed by atoms with Gasteiger partial charge in [0.25, 0.3) is 0 Å². The van der Waals surface area contributed by atoms with Crippen LogP contribution in [0.25, 0.3) is 0 Å². The Balaban J connectivity index is 1.93. The van der Waals surface area contributed by atoms with E-state index in [4.69, 9.17) is 9.47 Å². The summed E-state index contributed by atoms with van der Waals surface area (Å²) in [5.41, 5.74) is 1.13. The summed E-state index contributed by atoms with van der Waals surface area (Å²) in [4.78, 5) is 11.9. The molecule has 21 heavy (non-hydrogen) atoms. The van der Waals surface area contributed by atoms with E-state index in [0.717, 1.165) is 5.56 Å². The van der Waals surface area contributed by atoms with Crippen molar-refractivity contribution in [2.75, 3.05) is 0 Å². The van der Waals surface area contributed by atoms with Crippen molar-refractivity contribution in [2.24, 2.45) is 0 Å². The summed E-state index contributed by atoms with van der Waals surface area (Å²) in [7, 11) is 0. The molecular formula is C18H20O3. The Kier molecular flexibility index (Phi) is 5.38. The Morgan fingerprint density at radius 3 is 2.24 bits per heavy atom. The van der Waals surface area contributed by atoms with Crippen molar-refractivity contribution in [3.8, 4) is 11.5 Å². The molecule has 0 amide bonds. The minimum atomic E-state index is -0.251. The van der Waals surface area contributed by atoms with Crippen molar-refractivity contribution in [3.05, 3.63) is 60.2 Å². The summed E-state index contributed by atoms with van der Waals surface area (Å²) in [6, 6.07) is 17.1. The highest BCUT2D eigenvalue weighted by Gasteiger charge is 2.11. The van der Waals surface area contributed by atoms with Gasteiger partial charge in [-0.2, -0.15) is 0 Å². The molecule has 0 aliphatic carbocycles. The fourth-order valence-electron chi connectivity index (χ4n) is 1.95. The van der Waals surface area contributed by atoms with Gasteiger partial charge in [0.15, 0.2) is 11.5 Å². The van der Waals surface area contributed by atoms with E-state index in [1.54, 1.807) is 12.1 Å². The van der Waals surface area contributed by atoms with E-state index in [9.17, 15) is 4.79 Å². The number of aryl methyl sites for hydroxylation is 1. The molecule has 0 N–H and O–H groups in total. The maximum atomic E-state index is 11.9. The van der Waals surface area contributed by atoms with Crippen LogP contribution in [0.4, 0.5) is 0 Å². The van der Waals surface area contributed by atoms with Crippen LogP contribution in [-0.2, 0) is 11.2 Å². The first-order chi connectivity index (χ1) is 10.1. The van der Waals surface area contributed by atoms with Gasteiger partial charge in [-0.15, -0.1) is 0 Å². The molecule has 0 bridgehead atoms. The van der Waals surface area contributed by atoms with Crippen LogP contribution in [0.1, 0.15) is 25.8 Å². The van der Waals surface area contributed by atoms with Crippen molar-refractivity contribution >= 4 is 5.97 Å². The molecule has 0 radical (unpaired) electrons. The summed E-state index contributed by atoms with van der Waals surface area (Å²) in [6.07, 6.45) is 1.06. The van der Waals surface area contributed by atoms with E-state index >= 15 is 0 Å². The minimum absolute atomic E-state index is 0.0363. The van der Waals surface area contributed by atoms with Crippen LogP contribution in [0.2, 0.25) is 0 Å². The summed E-state index contributed by atoms with van der Waals surface area (Å²) < 4.78 is 11.0. The van der Waals surface area contributed by atoms with Crippen LogP contribution in [0.3, 0.4) is 0 Å². The zero-order chi connectivity index (χ0) is 15.1. The maximum Gasteiger partial charge on any atom is 0.311 e. The van der Waals surface area contributed by atoms with Crippen molar-refractivity contribution in [2.45, 2.75) is 32.8 Å². The number of hydrogen-bond donors (Lipinski definition) is 0. The predicted molar refractivity (Wildman–Crippen MR) is 82.6 cm³/mol.